The Kier molecular flexibility index (Phi) is 5.77. The first kappa shape index (κ1) is 22.8. The lowest BCUT2D eigenvalue weighted by Crippen LogP contribution is -2.61. The smallest absolute Gasteiger partial charge is 0.200 e. The zero-order valence-corrected chi connectivity index (χ0v) is 21.9. The average Bonchev–Trinajstić information content (AvgIpc) is 3.42. The number of Topliss-reactive ketones (excluding diaryl/α,β-unsaturated/α-hetero) is 1. The summed E-state index contributed by atoms with van der Waals surface area (Å²) in [6.07, 6.45) is 8.46. The molecule has 4 aliphatic carbocycles. The average molecular weight is 449 g/mol. The summed E-state index contributed by atoms with van der Waals surface area (Å²) >= 11 is 6.81. The first-order chi connectivity index (χ1) is 14.0. The largest absolute Gasteiger partial charge is 0.412 e. The molecule has 0 aromatic heterocycles. The summed E-state index contributed by atoms with van der Waals surface area (Å²) in [7, 11) is -2.01. The zero-order valence-electron chi connectivity index (χ0n) is 20.2. The summed E-state index contributed by atoms with van der Waals surface area (Å²) in [6, 6.07) is 0. The fourth-order valence-corrected chi connectivity index (χ4v) is 14.1. The maximum absolute atomic E-state index is 12.4. The number of hydrogen-bond acceptors (Lipinski definition) is 2. The van der Waals surface area contributed by atoms with Crippen molar-refractivity contribution in [3.05, 3.63) is 22.8 Å². The third-order valence-corrected chi connectivity index (χ3v) is 16.1. The predicted molar refractivity (Wildman–Crippen MR) is 128 cm³/mol. The van der Waals surface area contributed by atoms with E-state index < -0.39 is 8.32 Å². The molecule has 0 radical (unpaired) electrons. The predicted octanol–water partition coefficient (Wildman–Crippen LogP) is 7.50. The molecule has 4 heteroatoms. The molecule has 0 heterocycles. The Bertz CT molecular complexity index is 754. The number of carbonyl (C=O) groups excluding carboxylic acids is 1. The summed E-state index contributed by atoms with van der Waals surface area (Å²) in [5.41, 5.74) is 3.16. The Labute approximate surface area is 190 Å². The van der Waals surface area contributed by atoms with Gasteiger partial charge in [-0.3, -0.25) is 4.79 Å². The molecule has 168 valence electrons. The van der Waals surface area contributed by atoms with Crippen LogP contribution in [0.4, 0.5) is 0 Å². The lowest BCUT2D eigenvalue weighted by atomic mass is 9.49. The van der Waals surface area contributed by atoms with Gasteiger partial charge in [-0.25, -0.2) is 0 Å². The molecule has 0 unspecified atom stereocenters. The Hall–Kier alpha value is -0.383. The van der Waals surface area contributed by atoms with Crippen LogP contribution in [0.2, 0.25) is 16.6 Å². The molecule has 0 N–H and O–H groups in total. The SMILES string of the molecule is CC(=O)C1=C[C@H]2[C@H](O[Si](C(C)C)(C(C)C)C(C)C)[C@H](C1)[C@@H]1C=C(Cl)[C@@H](C)[C@@H]2C12CC2. The van der Waals surface area contributed by atoms with Crippen LogP contribution in [0.15, 0.2) is 22.8 Å². The van der Waals surface area contributed by atoms with Crippen molar-refractivity contribution in [2.45, 2.75) is 97.4 Å². The lowest BCUT2D eigenvalue weighted by Gasteiger charge is -2.60. The maximum atomic E-state index is 12.4. The third-order valence-electron chi connectivity index (χ3n) is 9.49. The fraction of sp³-hybridized carbons (Fsp3) is 0.808. The van der Waals surface area contributed by atoms with E-state index in [2.05, 4.69) is 60.6 Å². The van der Waals surface area contributed by atoms with E-state index in [9.17, 15) is 4.79 Å². The Balaban J connectivity index is 1.83. The van der Waals surface area contributed by atoms with Crippen LogP contribution in [0, 0.1) is 35.0 Å². The van der Waals surface area contributed by atoms with Gasteiger partial charge in [0, 0.05) is 11.0 Å². The minimum atomic E-state index is -2.01. The van der Waals surface area contributed by atoms with Gasteiger partial charge in [0.15, 0.2) is 5.78 Å². The van der Waals surface area contributed by atoms with E-state index in [-0.39, 0.29) is 11.9 Å². The second-order valence-electron chi connectivity index (χ2n) is 11.7. The number of allylic oxidation sites excluding steroid dienone is 3. The van der Waals surface area contributed by atoms with Crippen LogP contribution in [0.5, 0.6) is 0 Å². The van der Waals surface area contributed by atoms with Crippen LogP contribution in [-0.4, -0.2) is 20.2 Å². The second-order valence-corrected chi connectivity index (χ2v) is 17.6. The van der Waals surface area contributed by atoms with Crippen LogP contribution < -0.4 is 0 Å². The van der Waals surface area contributed by atoms with Gasteiger partial charge in [-0.15, -0.1) is 0 Å². The molecule has 2 nitrogen and oxygen atoms in total. The third kappa shape index (κ3) is 3.09. The van der Waals surface area contributed by atoms with Gasteiger partial charge in [-0.1, -0.05) is 72.2 Å². The van der Waals surface area contributed by atoms with Crippen LogP contribution in [0.25, 0.3) is 0 Å². The molecular weight excluding hydrogens is 408 g/mol. The van der Waals surface area contributed by atoms with Crippen molar-refractivity contribution in [1.82, 2.24) is 0 Å². The van der Waals surface area contributed by atoms with Gasteiger partial charge in [-0.2, -0.15) is 0 Å². The summed E-state index contributed by atoms with van der Waals surface area (Å²) in [5.74, 6) is 2.29. The molecular formula is C26H41ClO2Si. The van der Waals surface area contributed by atoms with Gasteiger partial charge in [-0.05, 0) is 77.5 Å². The van der Waals surface area contributed by atoms with Crippen molar-refractivity contribution in [3.63, 3.8) is 0 Å². The normalized spacial score (nSPS) is 36.9. The summed E-state index contributed by atoms with van der Waals surface area (Å²) in [6.45, 7) is 18.3. The monoisotopic (exact) mass is 448 g/mol. The molecule has 4 rings (SSSR count). The van der Waals surface area contributed by atoms with Crippen molar-refractivity contribution in [2.24, 2.45) is 35.0 Å². The van der Waals surface area contributed by atoms with Crippen LogP contribution in [0.1, 0.15) is 74.7 Å². The molecule has 30 heavy (non-hydrogen) atoms. The van der Waals surface area contributed by atoms with Crippen LogP contribution in [-0.2, 0) is 9.22 Å². The van der Waals surface area contributed by atoms with E-state index in [1.807, 2.05) is 0 Å². The first-order valence-corrected chi connectivity index (χ1v) is 14.8. The van der Waals surface area contributed by atoms with E-state index in [1.54, 1.807) is 6.92 Å². The second kappa shape index (κ2) is 7.59. The highest BCUT2D eigenvalue weighted by molar-refractivity contribution is 6.77. The van der Waals surface area contributed by atoms with Gasteiger partial charge in [0.2, 0.25) is 8.32 Å². The Morgan fingerprint density at radius 3 is 2.13 bits per heavy atom. The molecule has 0 aliphatic heterocycles. The van der Waals surface area contributed by atoms with E-state index >= 15 is 0 Å². The van der Waals surface area contributed by atoms with Crippen molar-refractivity contribution in [3.8, 4) is 0 Å². The molecule has 0 aromatic carbocycles. The molecule has 2 fully saturated rings. The van der Waals surface area contributed by atoms with Gasteiger partial charge in [0.25, 0.3) is 0 Å². The standard InChI is InChI=1S/C26H41ClO2Si/c1-14(2)30(15(3)4,16(5)6)29-25-20-11-19(18(8)28)12-21(25)24-17(7)23(27)13-22(20)26(24)9-10-26/h12-17,20-22,24-25H,9-11H2,1-8H3/t17-,20-,21-,22+,24+,25-/m1/s1. The zero-order chi connectivity index (χ0) is 22.2. The van der Waals surface area contributed by atoms with Crippen LogP contribution in [0.3, 0.4) is 0 Å². The van der Waals surface area contributed by atoms with E-state index in [1.165, 1.54) is 12.8 Å². The van der Waals surface area contributed by atoms with E-state index in [0.717, 1.165) is 17.0 Å². The number of rotatable bonds is 6. The van der Waals surface area contributed by atoms with Crippen LogP contribution >= 0.6 is 11.6 Å². The van der Waals surface area contributed by atoms with E-state index in [4.69, 9.17) is 16.0 Å². The number of hydrogen-bond donors (Lipinski definition) is 0. The highest BCUT2D eigenvalue weighted by Gasteiger charge is 2.68. The lowest BCUT2D eigenvalue weighted by molar-refractivity contribution is -0.116. The number of carbonyl (C=O) groups is 1. The topological polar surface area (TPSA) is 26.3 Å². The minimum absolute atomic E-state index is 0.233. The van der Waals surface area contributed by atoms with Crippen molar-refractivity contribution in [2.75, 3.05) is 0 Å². The minimum Gasteiger partial charge on any atom is -0.412 e. The fourth-order valence-electron chi connectivity index (χ4n) is 8.22. The summed E-state index contributed by atoms with van der Waals surface area (Å²) < 4.78 is 7.51. The molecule has 2 saturated carbocycles. The van der Waals surface area contributed by atoms with Crippen molar-refractivity contribution in [1.29, 1.82) is 0 Å². The highest BCUT2D eigenvalue weighted by Crippen LogP contribution is 2.73. The molecule has 0 saturated heterocycles. The van der Waals surface area contributed by atoms with Gasteiger partial charge < -0.3 is 4.43 Å². The number of ketones is 1. The molecule has 4 aliphatic rings. The first-order valence-electron chi connectivity index (χ1n) is 12.2. The highest BCUT2D eigenvalue weighted by atomic mass is 35.5. The molecule has 0 amide bonds. The van der Waals surface area contributed by atoms with Gasteiger partial charge in [0.05, 0.1) is 6.10 Å². The van der Waals surface area contributed by atoms with Gasteiger partial charge in [0.1, 0.15) is 0 Å². The Morgan fingerprint density at radius 2 is 1.67 bits per heavy atom. The molecule has 0 aromatic rings. The number of halogens is 1. The number of fused-ring (bicyclic) bond motifs is 4. The Morgan fingerprint density at radius 1 is 1.10 bits per heavy atom. The molecule has 1 spiro atoms. The van der Waals surface area contributed by atoms with Crippen molar-refractivity contribution >= 4 is 25.7 Å². The summed E-state index contributed by atoms with van der Waals surface area (Å²) in [5, 5.41) is 1.05. The quantitative estimate of drug-likeness (QED) is 0.393. The maximum Gasteiger partial charge on any atom is 0.200 e. The van der Waals surface area contributed by atoms with Gasteiger partial charge >= 0.3 is 0 Å². The molecule has 4 bridgehead atoms. The molecule has 6 atom stereocenters. The van der Waals surface area contributed by atoms with E-state index in [0.29, 0.717) is 51.6 Å². The summed E-state index contributed by atoms with van der Waals surface area (Å²) in [4.78, 5) is 12.4. The van der Waals surface area contributed by atoms with Crippen molar-refractivity contribution < 1.29 is 9.22 Å².